The molecule has 37 heavy (non-hydrogen) atoms. The van der Waals surface area contributed by atoms with Crippen LogP contribution in [0.2, 0.25) is 5.02 Å². The summed E-state index contributed by atoms with van der Waals surface area (Å²) in [6, 6.07) is 23.1. The van der Waals surface area contributed by atoms with Crippen molar-refractivity contribution in [2.24, 2.45) is 5.10 Å². The zero-order valence-electron chi connectivity index (χ0n) is 21.1. The minimum atomic E-state index is -0.254. The van der Waals surface area contributed by atoms with Crippen LogP contribution in [0.4, 0.5) is 0 Å². The second kappa shape index (κ2) is 11.6. The average molecular weight is 534 g/mol. The van der Waals surface area contributed by atoms with E-state index in [1.54, 1.807) is 25.5 Å². The molecular weight excluding hydrogens is 506 g/mol. The van der Waals surface area contributed by atoms with Gasteiger partial charge in [0.05, 0.1) is 19.1 Å². The summed E-state index contributed by atoms with van der Waals surface area (Å²) < 4.78 is 7.26. The van der Waals surface area contributed by atoms with E-state index < -0.39 is 0 Å². The Kier molecular flexibility index (Phi) is 8.31. The predicted octanol–water partition coefficient (Wildman–Crippen LogP) is 6.14. The fraction of sp³-hybridized carbons (Fsp3) is 0.214. The van der Waals surface area contributed by atoms with Crippen molar-refractivity contribution in [3.05, 3.63) is 88.9 Å². The lowest BCUT2D eigenvalue weighted by atomic mass is 9.87. The van der Waals surface area contributed by atoms with Crippen LogP contribution in [0.3, 0.4) is 0 Å². The van der Waals surface area contributed by atoms with Gasteiger partial charge in [-0.25, -0.2) is 5.43 Å². The van der Waals surface area contributed by atoms with E-state index in [0.717, 1.165) is 22.6 Å². The molecule has 7 nitrogen and oxygen atoms in total. The molecule has 0 saturated carbocycles. The number of hydrazone groups is 1. The number of carbonyl (C=O) groups is 1. The normalized spacial score (nSPS) is 11.6. The monoisotopic (exact) mass is 533 g/mol. The van der Waals surface area contributed by atoms with E-state index in [1.807, 2.05) is 41.0 Å². The van der Waals surface area contributed by atoms with Crippen molar-refractivity contribution >= 4 is 35.5 Å². The highest BCUT2D eigenvalue weighted by Crippen LogP contribution is 2.30. The summed E-state index contributed by atoms with van der Waals surface area (Å²) in [7, 11) is 1.63. The summed E-state index contributed by atoms with van der Waals surface area (Å²) in [5.74, 6) is 1.31. The molecule has 0 aliphatic carbocycles. The maximum Gasteiger partial charge on any atom is 0.250 e. The number of halogens is 1. The van der Waals surface area contributed by atoms with E-state index in [0.29, 0.717) is 16.0 Å². The number of rotatable bonds is 8. The van der Waals surface area contributed by atoms with Crippen molar-refractivity contribution < 1.29 is 9.53 Å². The summed E-state index contributed by atoms with van der Waals surface area (Å²) in [6.07, 6.45) is 1.57. The van der Waals surface area contributed by atoms with Crippen LogP contribution < -0.4 is 10.2 Å². The van der Waals surface area contributed by atoms with E-state index in [-0.39, 0.29) is 17.1 Å². The molecule has 0 fully saturated rings. The quantitative estimate of drug-likeness (QED) is 0.167. The van der Waals surface area contributed by atoms with Gasteiger partial charge >= 0.3 is 0 Å². The molecule has 9 heteroatoms. The van der Waals surface area contributed by atoms with E-state index in [2.05, 4.69) is 65.8 Å². The van der Waals surface area contributed by atoms with Crippen molar-refractivity contribution in [3.63, 3.8) is 0 Å². The van der Waals surface area contributed by atoms with E-state index in [4.69, 9.17) is 16.3 Å². The summed E-state index contributed by atoms with van der Waals surface area (Å²) >= 11 is 7.18. The molecule has 1 N–H and O–H groups in total. The largest absolute Gasteiger partial charge is 0.497 e. The molecule has 0 bridgehead atoms. The highest BCUT2D eigenvalue weighted by atomic mass is 35.5. The summed E-state index contributed by atoms with van der Waals surface area (Å²) in [6.45, 7) is 6.55. The Bertz CT molecular complexity index is 1380. The molecule has 0 spiro atoms. The van der Waals surface area contributed by atoms with Gasteiger partial charge in [-0.05, 0) is 52.9 Å². The fourth-order valence-electron chi connectivity index (χ4n) is 3.52. The Hall–Kier alpha value is -3.62. The van der Waals surface area contributed by atoms with Gasteiger partial charge in [-0.2, -0.15) is 5.10 Å². The van der Waals surface area contributed by atoms with Crippen LogP contribution in [0.15, 0.2) is 83.1 Å². The van der Waals surface area contributed by atoms with Crippen molar-refractivity contribution in [2.75, 3.05) is 12.9 Å². The maximum absolute atomic E-state index is 12.5. The Labute approximate surface area is 225 Å². The standard InChI is InChI=1S/C28H28ClN5O2S/c1-28(2,3)21-9-7-20(8-10-21)26-32-33-27(34(26)23-13-15-24(36-4)16-14-23)37-18-25(35)31-30-17-19-5-11-22(29)12-6-19/h5-17H,18H2,1-4H3,(H,31,35). The van der Waals surface area contributed by atoms with Crippen molar-refractivity contribution in [1.29, 1.82) is 0 Å². The minimum Gasteiger partial charge on any atom is -0.497 e. The zero-order chi connectivity index (χ0) is 26.4. The van der Waals surface area contributed by atoms with E-state index in [9.17, 15) is 4.79 Å². The summed E-state index contributed by atoms with van der Waals surface area (Å²) in [4.78, 5) is 12.5. The first-order valence-electron chi connectivity index (χ1n) is 11.7. The van der Waals surface area contributed by atoms with E-state index in [1.165, 1.54) is 17.3 Å². The molecule has 190 valence electrons. The van der Waals surface area contributed by atoms with Gasteiger partial charge in [0.25, 0.3) is 5.91 Å². The van der Waals surface area contributed by atoms with Crippen LogP contribution >= 0.6 is 23.4 Å². The zero-order valence-corrected chi connectivity index (χ0v) is 22.7. The van der Waals surface area contributed by atoms with Gasteiger partial charge in [0.2, 0.25) is 0 Å². The Balaban J connectivity index is 1.54. The SMILES string of the molecule is COc1ccc(-n2c(SCC(=O)NN=Cc3ccc(Cl)cc3)nnc2-c2ccc(C(C)(C)C)cc2)cc1. The molecule has 0 aliphatic heterocycles. The molecule has 0 aliphatic rings. The third-order valence-electron chi connectivity index (χ3n) is 5.58. The molecular formula is C28H28ClN5O2S. The van der Waals surface area contributed by atoms with Gasteiger partial charge in [0.1, 0.15) is 5.75 Å². The number of nitrogens with one attached hydrogen (secondary N) is 1. The smallest absolute Gasteiger partial charge is 0.250 e. The van der Waals surface area contributed by atoms with Crippen molar-refractivity contribution in [2.45, 2.75) is 31.3 Å². The summed E-state index contributed by atoms with van der Waals surface area (Å²) in [5.41, 5.74) is 6.46. The number of hydrogen-bond acceptors (Lipinski definition) is 6. The van der Waals surface area contributed by atoms with Gasteiger partial charge in [-0.15, -0.1) is 10.2 Å². The third kappa shape index (κ3) is 6.78. The highest BCUT2D eigenvalue weighted by Gasteiger charge is 2.19. The molecule has 1 heterocycles. The lowest BCUT2D eigenvalue weighted by Crippen LogP contribution is -2.20. The topological polar surface area (TPSA) is 81.4 Å². The van der Waals surface area contributed by atoms with Crippen molar-refractivity contribution in [1.82, 2.24) is 20.2 Å². The molecule has 4 aromatic rings. The van der Waals surface area contributed by atoms with Crippen LogP contribution in [0.5, 0.6) is 5.75 Å². The second-order valence-electron chi connectivity index (χ2n) is 9.30. The summed E-state index contributed by atoms with van der Waals surface area (Å²) in [5, 5.41) is 14.1. The lowest BCUT2D eigenvalue weighted by molar-refractivity contribution is -0.118. The molecule has 4 rings (SSSR count). The van der Waals surface area contributed by atoms with Crippen molar-refractivity contribution in [3.8, 4) is 22.8 Å². The Morgan fingerprint density at radius 2 is 1.70 bits per heavy atom. The number of methoxy groups -OCH3 is 1. The highest BCUT2D eigenvalue weighted by molar-refractivity contribution is 7.99. The number of carbonyl (C=O) groups excluding carboxylic acids is 1. The predicted molar refractivity (Wildman–Crippen MR) is 150 cm³/mol. The van der Waals surface area contributed by atoms with Gasteiger partial charge in [0.15, 0.2) is 11.0 Å². The second-order valence-corrected chi connectivity index (χ2v) is 10.7. The first kappa shape index (κ1) is 26.4. The molecule has 1 aromatic heterocycles. The number of hydrogen-bond donors (Lipinski definition) is 1. The van der Waals surface area contributed by atoms with Gasteiger partial charge in [-0.3, -0.25) is 9.36 Å². The maximum atomic E-state index is 12.5. The molecule has 0 unspecified atom stereocenters. The molecule has 0 saturated heterocycles. The molecule has 1 amide bonds. The molecule has 0 atom stereocenters. The first-order valence-corrected chi connectivity index (χ1v) is 13.0. The van der Waals surface area contributed by atoms with Crippen LogP contribution in [-0.4, -0.2) is 39.7 Å². The number of thioether (sulfide) groups is 1. The lowest BCUT2D eigenvalue weighted by Gasteiger charge is -2.19. The number of aromatic nitrogens is 3. The Morgan fingerprint density at radius 3 is 2.32 bits per heavy atom. The third-order valence-corrected chi connectivity index (χ3v) is 6.76. The fourth-order valence-corrected chi connectivity index (χ4v) is 4.39. The number of benzene rings is 3. The van der Waals surface area contributed by atoms with E-state index >= 15 is 0 Å². The number of ether oxygens (including phenoxy) is 1. The Morgan fingerprint density at radius 1 is 1.03 bits per heavy atom. The van der Waals surface area contributed by atoms with Crippen LogP contribution in [0.25, 0.3) is 17.1 Å². The molecule has 3 aromatic carbocycles. The minimum absolute atomic E-state index is 0.0482. The van der Waals surface area contributed by atoms with Crippen LogP contribution in [-0.2, 0) is 10.2 Å². The van der Waals surface area contributed by atoms with Gasteiger partial charge < -0.3 is 4.74 Å². The number of nitrogens with zero attached hydrogens (tertiary/aromatic N) is 4. The number of amides is 1. The van der Waals surface area contributed by atoms with Gasteiger partial charge in [0, 0.05) is 16.3 Å². The average Bonchev–Trinajstić information content (AvgIpc) is 3.32. The van der Waals surface area contributed by atoms with Gasteiger partial charge in [-0.1, -0.05) is 80.5 Å². The van der Waals surface area contributed by atoms with Crippen LogP contribution in [0, 0.1) is 0 Å². The first-order chi connectivity index (χ1) is 17.7. The van der Waals surface area contributed by atoms with Crippen LogP contribution in [0.1, 0.15) is 31.9 Å². The molecule has 0 radical (unpaired) electrons.